The molecule has 0 bridgehead atoms. The average Bonchev–Trinajstić information content (AvgIpc) is 2.81. The topological polar surface area (TPSA) is 56.7 Å². The monoisotopic (exact) mass is 280 g/mol. The Balaban J connectivity index is 2.05. The lowest BCUT2D eigenvalue weighted by Crippen LogP contribution is -2.06. The van der Waals surface area contributed by atoms with Crippen LogP contribution < -0.4 is 5.73 Å². The highest BCUT2D eigenvalue weighted by Crippen LogP contribution is 2.20. The zero-order chi connectivity index (χ0) is 14.8. The van der Waals surface area contributed by atoms with Crippen LogP contribution >= 0.6 is 0 Å². The number of imidazole rings is 1. The first-order chi connectivity index (χ1) is 10.2. The zero-order valence-corrected chi connectivity index (χ0v) is 12.5. The summed E-state index contributed by atoms with van der Waals surface area (Å²) in [6.45, 7) is 5.17. The lowest BCUT2D eigenvalue weighted by atomic mass is 10.1. The third-order valence-corrected chi connectivity index (χ3v) is 3.75. The van der Waals surface area contributed by atoms with Gasteiger partial charge in [-0.3, -0.25) is 0 Å². The number of benzene rings is 1. The molecular weight excluding hydrogens is 260 g/mol. The van der Waals surface area contributed by atoms with Crippen molar-refractivity contribution in [1.29, 1.82) is 0 Å². The number of anilines is 1. The van der Waals surface area contributed by atoms with Crippen LogP contribution in [0.15, 0.2) is 36.4 Å². The summed E-state index contributed by atoms with van der Waals surface area (Å²) in [5, 5.41) is 0. The van der Waals surface area contributed by atoms with Crippen LogP contribution in [0.25, 0.3) is 11.0 Å². The van der Waals surface area contributed by atoms with Crippen LogP contribution in [-0.2, 0) is 13.0 Å². The molecule has 2 aromatic heterocycles. The minimum Gasteiger partial charge on any atom is -0.384 e. The third kappa shape index (κ3) is 2.61. The second kappa shape index (κ2) is 5.56. The van der Waals surface area contributed by atoms with Crippen molar-refractivity contribution in [3.05, 3.63) is 53.5 Å². The molecule has 0 saturated heterocycles. The molecule has 3 rings (SSSR count). The molecule has 0 spiro atoms. The maximum absolute atomic E-state index is 5.73. The van der Waals surface area contributed by atoms with Crippen LogP contribution in [0.1, 0.15) is 30.4 Å². The van der Waals surface area contributed by atoms with Gasteiger partial charge in [0.15, 0.2) is 0 Å². The van der Waals surface area contributed by atoms with E-state index in [2.05, 4.69) is 34.7 Å². The van der Waals surface area contributed by atoms with E-state index in [9.17, 15) is 0 Å². The number of hydrogen-bond donors (Lipinski definition) is 1. The number of para-hydroxylation sites is 2. The van der Waals surface area contributed by atoms with Crippen molar-refractivity contribution in [2.75, 3.05) is 5.73 Å². The minimum atomic E-state index is 0.568. The number of nitrogen functional groups attached to an aromatic ring is 1. The predicted octanol–water partition coefficient (Wildman–Crippen LogP) is 3.32. The summed E-state index contributed by atoms with van der Waals surface area (Å²) in [5.74, 6) is 1.66. The van der Waals surface area contributed by atoms with Crippen LogP contribution in [-0.4, -0.2) is 14.5 Å². The van der Waals surface area contributed by atoms with Crippen LogP contribution in [0.5, 0.6) is 0 Å². The molecule has 0 unspecified atom stereocenters. The van der Waals surface area contributed by atoms with Gasteiger partial charge in [0.25, 0.3) is 0 Å². The van der Waals surface area contributed by atoms with Gasteiger partial charge in [-0.15, -0.1) is 0 Å². The number of hydrogen-bond acceptors (Lipinski definition) is 3. The highest BCUT2D eigenvalue weighted by atomic mass is 15.1. The first kappa shape index (κ1) is 13.6. The van der Waals surface area contributed by atoms with Gasteiger partial charge < -0.3 is 10.3 Å². The van der Waals surface area contributed by atoms with E-state index in [-0.39, 0.29) is 0 Å². The largest absolute Gasteiger partial charge is 0.384 e. The van der Waals surface area contributed by atoms with Gasteiger partial charge in [-0.05, 0) is 37.1 Å². The summed E-state index contributed by atoms with van der Waals surface area (Å²) in [6.07, 6.45) is 1.88. The molecule has 3 aromatic rings. The summed E-state index contributed by atoms with van der Waals surface area (Å²) in [7, 11) is 0. The molecule has 0 aliphatic rings. The molecular formula is C17H20N4. The summed E-state index contributed by atoms with van der Waals surface area (Å²) in [6, 6.07) is 12.2. The van der Waals surface area contributed by atoms with Crippen molar-refractivity contribution in [3.8, 4) is 0 Å². The maximum atomic E-state index is 5.73. The molecule has 0 radical (unpaired) electrons. The number of nitrogens with two attached hydrogens (primary N) is 1. The smallest absolute Gasteiger partial charge is 0.123 e. The first-order valence-electron chi connectivity index (χ1n) is 7.35. The van der Waals surface area contributed by atoms with E-state index in [4.69, 9.17) is 10.7 Å². The fourth-order valence-electron chi connectivity index (χ4n) is 2.70. The van der Waals surface area contributed by atoms with E-state index < -0.39 is 0 Å². The molecule has 21 heavy (non-hydrogen) atoms. The highest BCUT2D eigenvalue weighted by Gasteiger charge is 2.11. The van der Waals surface area contributed by atoms with Crippen molar-refractivity contribution >= 4 is 16.9 Å². The number of pyridine rings is 1. The zero-order valence-electron chi connectivity index (χ0n) is 12.5. The maximum Gasteiger partial charge on any atom is 0.123 e. The lowest BCUT2D eigenvalue weighted by Gasteiger charge is -2.09. The standard InChI is InChI=1S/C17H20N4/c1-3-10-21-15-7-5-4-6-14(15)20-17(21)11-13-8-9-16(18)19-12(13)2/h4-9H,3,10-11H2,1-2H3,(H2,18,19). The Kier molecular flexibility index (Phi) is 3.60. The summed E-state index contributed by atoms with van der Waals surface area (Å²) < 4.78 is 2.31. The molecule has 108 valence electrons. The molecule has 0 amide bonds. The number of aryl methyl sites for hydroxylation is 2. The molecule has 1 aromatic carbocycles. The minimum absolute atomic E-state index is 0.568. The van der Waals surface area contributed by atoms with Crippen molar-refractivity contribution in [2.45, 2.75) is 33.2 Å². The van der Waals surface area contributed by atoms with Gasteiger partial charge in [-0.25, -0.2) is 9.97 Å². The van der Waals surface area contributed by atoms with Crippen molar-refractivity contribution in [2.24, 2.45) is 0 Å². The average molecular weight is 280 g/mol. The summed E-state index contributed by atoms with van der Waals surface area (Å²) in [5.41, 5.74) is 10.1. The van der Waals surface area contributed by atoms with E-state index in [0.717, 1.165) is 36.4 Å². The molecule has 2 heterocycles. The van der Waals surface area contributed by atoms with Crippen molar-refractivity contribution in [1.82, 2.24) is 14.5 Å². The second-order valence-corrected chi connectivity index (χ2v) is 5.33. The lowest BCUT2D eigenvalue weighted by molar-refractivity contribution is 0.663. The quantitative estimate of drug-likeness (QED) is 0.797. The molecule has 0 aliphatic heterocycles. The Morgan fingerprint density at radius 3 is 2.67 bits per heavy atom. The van der Waals surface area contributed by atoms with Crippen molar-refractivity contribution < 1.29 is 0 Å². The van der Waals surface area contributed by atoms with Gasteiger partial charge in [0.2, 0.25) is 0 Å². The fraction of sp³-hybridized carbons (Fsp3) is 0.294. The van der Waals surface area contributed by atoms with E-state index >= 15 is 0 Å². The molecule has 0 fully saturated rings. The Labute approximate surface area is 124 Å². The van der Waals surface area contributed by atoms with Crippen LogP contribution in [0.4, 0.5) is 5.82 Å². The normalized spacial score (nSPS) is 11.1. The van der Waals surface area contributed by atoms with Gasteiger partial charge in [0, 0.05) is 18.7 Å². The second-order valence-electron chi connectivity index (χ2n) is 5.33. The van der Waals surface area contributed by atoms with Gasteiger partial charge in [-0.2, -0.15) is 0 Å². The van der Waals surface area contributed by atoms with E-state index in [1.807, 2.05) is 25.1 Å². The molecule has 0 aliphatic carbocycles. The summed E-state index contributed by atoms with van der Waals surface area (Å²) in [4.78, 5) is 9.13. The van der Waals surface area contributed by atoms with Crippen molar-refractivity contribution in [3.63, 3.8) is 0 Å². The van der Waals surface area contributed by atoms with Crippen LogP contribution in [0.2, 0.25) is 0 Å². The molecule has 0 saturated carbocycles. The van der Waals surface area contributed by atoms with Gasteiger partial charge >= 0.3 is 0 Å². The SMILES string of the molecule is CCCn1c(Cc2ccc(N)nc2C)nc2ccccc21. The first-order valence-corrected chi connectivity index (χ1v) is 7.35. The number of aromatic nitrogens is 3. The molecule has 4 nitrogen and oxygen atoms in total. The highest BCUT2D eigenvalue weighted by molar-refractivity contribution is 5.76. The Hall–Kier alpha value is -2.36. The van der Waals surface area contributed by atoms with Gasteiger partial charge in [0.1, 0.15) is 11.6 Å². The van der Waals surface area contributed by atoms with E-state index in [0.29, 0.717) is 5.82 Å². The summed E-state index contributed by atoms with van der Waals surface area (Å²) >= 11 is 0. The number of fused-ring (bicyclic) bond motifs is 1. The number of nitrogens with zero attached hydrogens (tertiary/aromatic N) is 3. The van der Waals surface area contributed by atoms with Crippen LogP contribution in [0, 0.1) is 6.92 Å². The van der Waals surface area contributed by atoms with Crippen LogP contribution in [0.3, 0.4) is 0 Å². The molecule has 2 N–H and O–H groups in total. The molecule has 0 atom stereocenters. The molecule has 4 heteroatoms. The Morgan fingerprint density at radius 2 is 1.90 bits per heavy atom. The number of rotatable bonds is 4. The van der Waals surface area contributed by atoms with Gasteiger partial charge in [-0.1, -0.05) is 25.1 Å². The van der Waals surface area contributed by atoms with E-state index in [1.165, 1.54) is 11.1 Å². The Bertz CT molecular complexity index is 774. The van der Waals surface area contributed by atoms with Gasteiger partial charge in [0.05, 0.1) is 11.0 Å². The van der Waals surface area contributed by atoms with E-state index in [1.54, 1.807) is 0 Å². The predicted molar refractivity (Wildman–Crippen MR) is 86.2 cm³/mol. The fourth-order valence-corrected chi connectivity index (χ4v) is 2.70. The Morgan fingerprint density at radius 1 is 1.10 bits per heavy atom. The third-order valence-electron chi connectivity index (χ3n) is 3.75.